The molecule has 1 unspecified atom stereocenters. The Balaban J connectivity index is 2.14. The van der Waals surface area contributed by atoms with Crippen LogP contribution in [0.15, 0.2) is 29.3 Å². The molecular weight excluding hydrogens is 148 g/mol. The predicted molar refractivity (Wildman–Crippen MR) is 50.2 cm³/mol. The fraction of sp³-hybridized carbons (Fsp3) is 0.300. The van der Waals surface area contributed by atoms with Crippen LogP contribution in [0.25, 0.3) is 0 Å². The SMILES string of the molecule is c1ccc2c(c1)N=C1CCC1N2. The molecule has 0 amide bonds. The molecule has 1 heterocycles. The standard InChI is InChI=1S/C10H10N2/c1-2-4-8-7(3-1)11-9-5-6-10(9)12-8/h1-4,9,11H,5-6H2. The average Bonchev–Trinajstić information content (AvgIpc) is 2.09. The van der Waals surface area contributed by atoms with Gasteiger partial charge in [-0.3, -0.25) is 4.99 Å². The largest absolute Gasteiger partial charge is 0.375 e. The third-order valence-corrected chi connectivity index (χ3v) is 2.59. The van der Waals surface area contributed by atoms with Gasteiger partial charge in [-0.25, -0.2) is 0 Å². The van der Waals surface area contributed by atoms with Crippen molar-refractivity contribution in [2.24, 2.45) is 4.99 Å². The van der Waals surface area contributed by atoms with Crippen molar-refractivity contribution < 1.29 is 0 Å². The minimum atomic E-state index is 0.542. The number of nitrogens with zero attached hydrogens (tertiary/aromatic N) is 1. The molecule has 2 aliphatic rings. The Bertz CT molecular complexity index is 355. The predicted octanol–water partition coefficient (Wildman–Crippen LogP) is 2.35. The lowest BCUT2D eigenvalue weighted by molar-refractivity contribution is 0.710. The van der Waals surface area contributed by atoms with Crippen molar-refractivity contribution in [1.29, 1.82) is 0 Å². The number of hydrogen-bond donors (Lipinski definition) is 1. The van der Waals surface area contributed by atoms with Gasteiger partial charge < -0.3 is 5.32 Å². The van der Waals surface area contributed by atoms with Crippen LogP contribution in [0.3, 0.4) is 0 Å². The van der Waals surface area contributed by atoms with Gasteiger partial charge in [-0.15, -0.1) is 0 Å². The van der Waals surface area contributed by atoms with Gasteiger partial charge in [0.05, 0.1) is 17.4 Å². The third kappa shape index (κ3) is 0.721. The molecule has 3 rings (SSSR count). The first kappa shape index (κ1) is 6.23. The van der Waals surface area contributed by atoms with E-state index in [0.717, 1.165) is 5.69 Å². The lowest BCUT2D eigenvalue weighted by Gasteiger charge is -2.34. The second-order valence-corrected chi connectivity index (χ2v) is 3.36. The summed E-state index contributed by atoms with van der Waals surface area (Å²) in [6.07, 6.45) is 2.42. The van der Waals surface area contributed by atoms with E-state index in [1.165, 1.54) is 24.2 Å². The van der Waals surface area contributed by atoms with Crippen LogP contribution < -0.4 is 5.32 Å². The summed E-state index contributed by atoms with van der Waals surface area (Å²) >= 11 is 0. The van der Waals surface area contributed by atoms with Crippen LogP contribution in [0.4, 0.5) is 11.4 Å². The molecule has 0 saturated heterocycles. The molecule has 1 aliphatic carbocycles. The van der Waals surface area contributed by atoms with E-state index in [1.807, 2.05) is 12.1 Å². The van der Waals surface area contributed by atoms with Crippen LogP contribution in [0.5, 0.6) is 0 Å². The zero-order chi connectivity index (χ0) is 7.97. The minimum Gasteiger partial charge on any atom is -0.375 e. The normalized spacial score (nSPS) is 24.3. The molecular formula is C10H10N2. The summed E-state index contributed by atoms with van der Waals surface area (Å²) in [5.74, 6) is 0. The highest BCUT2D eigenvalue weighted by Gasteiger charge is 2.29. The van der Waals surface area contributed by atoms with Gasteiger partial charge in [-0.05, 0) is 25.0 Å². The molecule has 0 radical (unpaired) electrons. The first-order chi connectivity index (χ1) is 5.93. The van der Waals surface area contributed by atoms with E-state index in [1.54, 1.807) is 0 Å². The van der Waals surface area contributed by atoms with Gasteiger partial charge >= 0.3 is 0 Å². The maximum Gasteiger partial charge on any atom is 0.0861 e. The Morgan fingerprint density at radius 2 is 2.25 bits per heavy atom. The number of nitrogens with one attached hydrogen (secondary N) is 1. The van der Waals surface area contributed by atoms with E-state index in [4.69, 9.17) is 0 Å². The number of fused-ring (bicyclic) bond motifs is 2. The number of benzene rings is 1. The van der Waals surface area contributed by atoms with Crippen molar-refractivity contribution in [2.45, 2.75) is 18.9 Å². The summed E-state index contributed by atoms with van der Waals surface area (Å²) in [4.78, 5) is 4.57. The Morgan fingerprint density at radius 1 is 1.33 bits per heavy atom. The van der Waals surface area contributed by atoms with Gasteiger partial charge in [-0.2, -0.15) is 0 Å². The van der Waals surface area contributed by atoms with Crippen LogP contribution in [-0.4, -0.2) is 11.8 Å². The molecule has 1 aliphatic heterocycles. The van der Waals surface area contributed by atoms with Crippen LogP contribution in [0.2, 0.25) is 0 Å². The monoisotopic (exact) mass is 158 g/mol. The Morgan fingerprint density at radius 3 is 3.08 bits per heavy atom. The molecule has 0 spiro atoms. The van der Waals surface area contributed by atoms with Gasteiger partial charge in [0.25, 0.3) is 0 Å². The number of rotatable bonds is 0. The van der Waals surface area contributed by atoms with Gasteiger partial charge in [0.1, 0.15) is 0 Å². The van der Waals surface area contributed by atoms with E-state index in [2.05, 4.69) is 22.4 Å². The van der Waals surface area contributed by atoms with Crippen LogP contribution in [0, 0.1) is 0 Å². The lowest BCUT2D eigenvalue weighted by Crippen LogP contribution is -2.40. The fourth-order valence-electron chi connectivity index (χ4n) is 1.74. The van der Waals surface area contributed by atoms with Crippen molar-refractivity contribution >= 4 is 17.1 Å². The van der Waals surface area contributed by atoms with Gasteiger partial charge in [0, 0.05) is 5.71 Å². The molecule has 0 bridgehead atoms. The molecule has 1 aromatic rings. The zero-order valence-corrected chi connectivity index (χ0v) is 6.75. The molecule has 60 valence electrons. The summed E-state index contributed by atoms with van der Waals surface area (Å²) in [6, 6.07) is 8.77. The molecule has 1 aromatic carbocycles. The summed E-state index contributed by atoms with van der Waals surface area (Å²) in [7, 11) is 0. The maximum absolute atomic E-state index is 4.57. The molecule has 12 heavy (non-hydrogen) atoms. The highest BCUT2D eigenvalue weighted by atomic mass is 15.0. The van der Waals surface area contributed by atoms with Crippen molar-refractivity contribution in [1.82, 2.24) is 0 Å². The quantitative estimate of drug-likeness (QED) is 0.615. The van der Waals surface area contributed by atoms with E-state index in [9.17, 15) is 0 Å². The van der Waals surface area contributed by atoms with E-state index < -0.39 is 0 Å². The number of para-hydroxylation sites is 2. The second kappa shape index (κ2) is 2.09. The third-order valence-electron chi connectivity index (χ3n) is 2.59. The number of aliphatic imine (C=N–C) groups is 1. The van der Waals surface area contributed by atoms with Gasteiger partial charge in [0.15, 0.2) is 0 Å². The van der Waals surface area contributed by atoms with Crippen LogP contribution in [0.1, 0.15) is 12.8 Å². The van der Waals surface area contributed by atoms with Crippen molar-refractivity contribution in [3.8, 4) is 0 Å². The van der Waals surface area contributed by atoms with Gasteiger partial charge in [-0.1, -0.05) is 12.1 Å². The second-order valence-electron chi connectivity index (χ2n) is 3.36. The fourth-order valence-corrected chi connectivity index (χ4v) is 1.74. The van der Waals surface area contributed by atoms with Crippen LogP contribution >= 0.6 is 0 Å². The molecule has 2 nitrogen and oxygen atoms in total. The van der Waals surface area contributed by atoms with E-state index in [0.29, 0.717) is 6.04 Å². The lowest BCUT2D eigenvalue weighted by atomic mass is 9.88. The Kier molecular flexibility index (Phi) is 1.09. The summed E-state index contributed by atoms with van der Waals surface area (Å²) < 4.78 is 0. The first-order valence-electron chi connectivity index (χ1n) is 4.36. The van der Waals surface area contributed by atoms with Crippen molar-refractivity contribution in [2.75, 3.05) is 5.32 Å². The molecule has 1 atom stereocenters. The number of anilines is 1. The molecule has 1 fully saturated rings. The highest BCUT2D eigenvalue weighted by Crippen LogP contribution is 2.35. The molecule has 2 heteroatoms. The minimum absolute atomic E-state index is 0.542. The van der Waals surface area contributed by atoms with Gasteiger partial charge in [0.2, 0.25) is 0 Å². The Hall–Kier alpha value is -1.31. The smallest absolute Gasteiger partial charge is 0.0861 e. The topological polar surface area (TPSA) is 24.4 Å². The zero-order valence-electron chi connectivity index (χ0n) is 6.75. The first-order valence-corrected chi connectivity index (χ1v) is 4.36. The number of hydrogen-bond acceptors (Lipinski definition) is 2. The molecule has 1 saturated carbocycles. The molecule has 1 N–H and O–H groups in total. The molecule has 0 aromatic heterocycles. The van der Waals surface area contributed by atoms with Crippen LogP contribution in [-0.2, 0) is 0 Å². The summed E-state index contributed by atoms with van der Waals surface area (Å²) in [5.41, 5.74) is 3.61. The van der Waals surface area contributed by atoms with Crippen molar-refractivity contribution in [3.05, 3.63) is 24.3 Å². The maximum atomic E-state index is 4.57. The summed E-state index contributed by atoms with van der Waals surface area (Å²) in [5, 5.41) is 3.47. The highest BCUT2D eigenvalue weighted by molar-refractivity contribution is 6.02. The van der Waals surface area contributed by atoms with E-state index in [-0.39, 0.29) is 0 Å². The Labute approximate surface area is 71.3 Å². The summed E-state index contributed by atoms with van der Waals surface area (Å²) in [6.45, 7) is 0. The van der Waals surface area contributed by atoms with Crippen molar-refractivity contribution in [3.63, 3.8) is 0 Å². The van der Waals surface area contributed by atoms with E-state index >= 15 is 0 Å². The average molecular weight is 158 g/mol.